The molecule has 2 rings (SSSR count). The van der Waals surface area contributed by atoms with Crippen molar-refractivity contribution in [1.82, 2.24) is 0 Å². The van der Waals surface area contributed by atoms with Crippen molar-refractivity contribution < 1.29 is 32.5 Å². The summed E-state index contributed by atoms with van der Waals surface area (Å²) in [5, 5.41) is 12.2. The molecule has 0 aliphatic carbocycles. The van der Waals surface area contributed by atoms with E-state index in [1.54, 1.807) is 6.92 Å². The first-order valence-electron chi connectivity index (χ1n) is 7.26. The molecule has 1 aliphatic heterocycles. The maximum atomic E-state index is 12.3. The number of hydrogen-bond donors (Lipinski definition) is 2. The van der Waals surface area contributed by atoms with Gasteiger partial charge in [0.15, 0.2) is 0 Å². The minimum absolute atomic E-state index is 0.186. The number of carboxylic acid groups (broad SMARTS) is 1. The molecule has 9 heteroatoms. The lowest BCUT2D eigenvalue weighted by atomic mass is 9.80. The lowest BCUT2D eigenvalue weighted by Crippen LogP contribution is -2.51. The van der Waals surface area contributed by atoms with E-state index in [0.717, 1.165) is 6.07 Å². The monoisotopic (exact) mass is 367 g/mol. The van der Waals surface area contributed by atoms with Crippen LogP contribution in [-0.2, 0) is 9.53 Å². The molecule has 134 valence electrons. The number of anilines is 1. The number of benzene rings is 1. The Balaban J connectivity index is 2.20. The van der Waals surface area contributed by atoms with E-state index in [1.165, 1.54) is 12.1 Å². The van der Waals surface area contributed by atoms with Gasteiger partial charge in [-0.05, 0) is 43.9 Å². The Morgan fingerprint density at radius 2 is 2.00 bits per heavy atom. The number of nitrogens with one attached hydrogen (secondary N) is 1. The number of ether oxygens (including phenoxy) is 2. The molecule has 1 saturated heterocycles. The smallest absolute Gasteiger partial charge is 0.480 e. The molecule has 24 heavy (non-hydrogen) atoms. The van der Waals surface area contributed by atoms with Crippen LogP contribution in [0.5, 0.6) is 5.75 Å². The molecular formula is C15H17ClF3NO4. The van der Waals surface area contributed by atoms with Crippen molar-refractivity contribution in [2.24, 2.45) is 5.92 Å². The fourth-order valence-corrected chi connectivity index (χ4v) is 2.91. The van der Waals surface area contributed by atoms with Gasteiger partial charge in [-0.1, -0.05) is 11.6 Å². The molecule has 0 aromatic heterocycles. The van der Waals surface area contributed by atoms with Gasteiger partial charge in [-0.3, -0.25) is 0 Å². The van der Waals surface area contributed by atoms with Gasteiger partial charge in [0.25, 0.3) is 0 Å². The molecule has 2 N–H and O–H groups in total. The quantitative estimate of drug-likeness (QED) is 0.825. The molecule has 0 saturated carbocycles. The summed E-state index contributed by atoms with van der Waals surface area (Å²) in [5.74, 6) is -1.78. The summed E-state index contributed by atoms with van der Waals surface area (Å²) in [6, 6.07) is 3.56. The van der Waals surface area contributed by atoms with Gasteiger partial charge in [-0.2, -0.15) is 0 Å². The highest BCUT2D eigenvalue weighted by molar-refractivity contribution is 6.32. The van der Waals surface area contributed by atoms with Crippen molar-refractivity contribution in [2.45, 2.75) is 31.7 Å². The zero-order chi connectivity index (χ0) is 18.0. The van der Waals surface area contributed by atoms with Gasteiger partial charge in [0.1, 0.15) is 11.3 Å². The number of aliphatic carboxylic acids is 1. The summed E-state index contributed by atoms with van der Waals surface area (Å²) in [4.78, 5) is 11.8. The lowest BCUT2D eigenvalue weighted by Gasteiger charge is -2.37. The second-order valence-electron chi connectivity index (χ2n) is 5.71. The van der Waals surface area contributed by atoms with Crippen molar-refractivity contribution in [1.29, 1.82) is 0 Å². The Bertz CT molecular complexity index is 605. The topological polar surface area (TPSA) is 67.8 Å². The minimum atomic E-state index is -4.85. The van der Waals surface area contributed by atoms with E-state index >= 15 is 0 Å². The van der Waals surface area contributed by atoms with E-state index in [-0.39, 0.29) is 10.9 Å². The van der Waals surface area contributed by atoms with Crippen LogP contribution in [0.4, 0.5) is 18.9 Å². The Labute approximate surface area is 141 Å². The normalized spacial score (nSPS) is 18.7. The first-order valence-corrected chi connectivity index (χ1v) is 7.64. The molecule has 0 spiro atoms. The molecule has 1 aliphatic rings. The first-order chi connectivity index (χ1) is 11.1. The molecule has 1 atom stereocenters. The average Bonchev–Trinajstić information content (AvgIpc) is 2.49. The van der Waals surface area contributed by atoms with Crippen LogP contribution in [-0.4, -0.2) is 36.2 Å². The van der Waals surface area contributed by atoms with E-state index in [0.29, 0.717) is 31.7 Å². The van der Waals surface area contributed by atoms with Crippen LogP contribution in [0.2, 0.25) is 5.02 Å². The molecule has 1 aromatic rings. The van der Waals surface area contributed by atoms with Gasteiger partial charge >= 0.3 is 12.3 Å². The first kappa shape index (κ1) is 18.7. The Hall–Kier alpha value is -1.67. The fourth-order valence-electron chi connectivity index (χ4n) is 2.69. The van der Waals surface area contributed by atoms with E-state index < -0.39 is 23.6 Å². The lowest BCUT2D eigenvalue weighted by molar-refractivity contribution is -0.274. The zero-order valence-electron chi connectivity index (χ0n) is 12.8. The molecule has 5 nitrogen and oxygen atoms in total. The summed E-state index contributed by atoms with van der Waals surface area (Å²) < 4.78 is 45.8. The zero-order valence-corrected chi connectivity index (χ0v) is 13.6. The maximum absolute atomic E-state index is 12.3. The van der Waals surface area contributed by atoms with E-state index in [4.69, 9.17) is 16.3 Å². The molecule has 1 unspecified atom stereocenters. The largest absolute Gasteiger partial charge is 0.573 e. The average molecular weight is 368 g/mol. The summed E-state index contributed by atoms with van der Waals surface area (Å²) in [5.41, 5.74) is -0.995. The molecule has 0 amide bonds. The third kappa shape index (κ3) is 4.45. The summed E-state index contributed by atoms with van der Waals surface area (Å²) in [6.45, 7) is 2.47. The van der Waals surface area contributed by atoms with Gasteiger partial charge in [0, 0.05) is 18.9 Å². The number of hydrogen-bond acceptors (Lipinski definition) is 4. The predicted molar refractivity (Wildman–Crippen MR) is 81.3 cm³/mol. The number of rotatable bonds is 5. The van der Waals surface area contributed by atoms with E-state index in [2.05, 4.69) is 10.1 Å². The number of halogens is 4. The highest BCUT2D eigenvalue weighted by Gasteiger charge is 2.42. The van der Waals surface area contributed by atoms with E-state index in [9.17, 15) is 23.1 Å². The van der Waals surface area contributed by atoms with Crippen molar-refractivity contribution in [2.75, 3.05) is 18.5 Å². The summed E-state index contributed by atoms with van der Waals surface area (Å²) >= 11 is 5.80. The molecular weight excluding hydrogens is 351 g/mol. The summed E-state index contributed by atoms with van der Waals surface area (Å²) in [7, 11) is 0. The van der Waals surface area contributed by atoms with Crippen LogP contribution in [0.15, 0.2) is 18.2 Å². The van der Waals surface area contributed by atoms with Gasteiger partial charge < -0.3 is 19.9 Å². The highest BCUT2D eigenvalue weighted by Crippen LogP contribution is 2.35. The second kappa shape index (κ2) is 7.06. The Morgan fingerprint density at radius 1 is 1.38 bits per heavy atom. The van der Waals surface area contributed by atoms with Crippen molar-refractivity contribution in [3.05, 3.63) is 23.2 Å². The Morgan fingerprint density at radius 3 is 2.50 bits per heavy atom. The van der Waals surface area contributed by atoms with Crippen LogP contribution in [0.25, 0.3) is 0 Å². The van der Waals surface area contributed by atoms with Crippen LogP contribution < -0.4 is 10.1 Å². The maximum Gasteiger partial charge on any atom is 0.573 e. The van der Waals surface area contributed by atoms with Crippen LogP contribution in [0, 0.1) is 5.92 Å². The molecule has 1 fully saturated rings. The van der Waals surface area contributed by atoms with Crippen molar-refractivity contribution in [3.8, 4) is 5.75 Å². The van der Waals surface area contributed by atoms with Crippen molar-refractivity contribution >= 4 is 23.3 Å². The highest BCUT2D eigenvalue weighted by atomic mass is 35.5. The molecule has 0 bridgehead atoms. The predicted octanol–water partition coefficient (Wildman–Crippen LogP) is 3.92. The minimum Gasteiger partial charge on any atom is -0.480 e. The van der Waals surface area contributed by atoms with Gasteiger partial charge in [0.2, 0.25) is 0 Å². The Kier molecular flexibility index (Phi) is 5.49. The molecule has 1 aromatic carbocycles. The van der Waals surface area contributed by atoms with Gasteiger partial charge in [-0.15, -0.1) is 13.2 Å². The van der Waals surface area contributed by atoms with Crippen molar-refractivity contribution in [3.63, 3.8) is 0 Å². The van der Waals surface area contributed by atoms with Crippen LogP contribution in [0.1, 0.15) is 19.8 Å². The van der Waals surface area contributed by atoms with Gasteiger partial charge in [0.05, 0.1) is 5.02 Å². The second-order valence-corrected chi connectivity index (χ2v) is 6.12. The third-order valence-corrected chi connectivity index (χ3v) is 4.34. The SMILES string of the molecule is CC(Nc1ccc(OC(F)(F)F)c(Cl)c1)(C(=O)O)C1CCOCC1. The third-order valence-electron chi connectivity index (χ3n) is 4.04. The standard InChI is InChI=1S/C15H17ClF3NO4/c1-14(13(21)22,9-4-6-23-7-5-9)20-10-2-3-12(11(16)8-10)24-15(17,18)19/h2-3,8-9,20H,4-7H2,1H3,(H,21,22). The van der Waals surface area contributed by atoms with Crippen LogP contribution >= 0.6 is 11.6 Å². The van der Waals surface area contributed by atoms with Gasteiger partial charge in [-0.25, -0.2) is 4.79 Å². The fraction of sp³-hybridized carbons (Fsp3) is 0.533. The van der Waals surface area contributed by atoms with E-state index in [1.807, 2.05) is 0 Å². The molecule has 0 radical (unpaired) electrons. The molecule has 1 heterocycles. The number of alkyl halides is 3. The number of carbonyl (C=O) groups is 1. The number of carboxylic acids is 1. The summed E-state index contributed by atoms with van der Waals surface area (Å²) in [6.07, 6.45) is -3.71. The van der Waals surface area contributed by atoms with Crippen LogP contribution in [0.3, 0.4) is 0 Å².